The van der Waals surface area contributed by atoms with Crippen molar-refractivity contribution < 1.29 is 4.79 Å². The summed E-state index contributed by atoms with van der Waals surface area (Å²) in [5.41, 5.74) is 1.14. The number of rotatable bonds is 2. The van der Waals surface area contributed by atoms with E-state index in [9.17, 15) is 4.79 Å². The van der Waals surface area contributed by atoms with Crippen molar-refractivity contribution in [2.24, 2.45) is 22.7 Å². The van der Waals surface area contributed by atoms with Gasteiger partial charge in [0.05, 0.1) is 0 Å². The van der Waals surface area contributed by atoms with E-state index in [2.05, 4.69) is 19.2 Å². The molecule has 21 heavy (non-hydrogen) atoms. The zero-order chi connectivity index (χ0) is 14.7. The number of hydrogen-bond acceptors (Lipinski definition) is 1. The van der Waals surface area contributed by atoms with Crippen LogP contribution in [0.2, 0.25) is 0 Å². The van der Waals surface area contributed by atoms with Gasteiger partial charge in [-0.05, 0) is 68.1 Å². The van der Waals surface area contributed by atoms with Gasteiger partial charge in [0.2, 0.25) is 5.91 Å². The lowest BCUT2D eigenvalue weighted by molar-refractivity contribution is -0.143. The average Bonchev–Trinajstić information content (AvgIpc) is 2.34. The Morgan fingerprint density at radius 3 is 2.10 bits per heavy atom. The number of nitrogens with one attached hydrogen (secondary N) is 1. The number of hydrogen-bond donors (Lipinski definition) is 1. The van der Waals surface area contributed by atoms with Gasteiger partial charge in [-0.3, -0.25) is 4.79 Å². The van der Waals surface area contributed by atoms with Crippen LogP contribution >= 0.6 is 0 Å². The van der Waals surface area contributed by atoms with Gasteiger partial charge in [-0.1, -0.05) is 33.1 Å². The first-order chi connectivity index (χ1) is 9.90. The Morgan fingerprint density at radius 1 is 0.905 bits per heavy atom. The summed E-state index contributed by atoms with van der Waals surface area (Å²) < 4.78 is 0. The molecule has 0 aromatic rings. The largest absolute Gasteiger partial charge is 0.350 e. The molecule has 5 fully saturated rings. The molecule has 5 saturated carbocycles. The summed E-state index contributed by atoms with van der Waals surface area (Å²) >= 11 is 0. The quantitative estimate of drug-likeness (QED) is 0.800. The summed E-state index contributed by atoms with van der Waals surface area (Å²) in [5, 5.41) is 3.61. The van der Waals surface area contributed by atoms with Gasteiger partial charge in [0.25, 0.3) is 0 Å². The fraction of sp³-hybridized carbons (Fsp3) is 0.947. The maximum absolute atomic E-state index is 12.8. The summed E-state index contributed by atoms with van der Waals surface area (Å²) in [4.78, 5) is 12.8. The van der Waals surface area contributed by atoms with E-state index in [1.807, 2.05) is 0 Å². The van der Waals surface area contributed by atoms with Crippen LogP contribution in [0.3, 0.4) is 0 Å². The van der Waals surface area contributed by atoms with Crippen molar-refractivity contribution >= 4 is 5.91 Å². The summed E-state index contributed by atoms with van der Waals surface area (Å²) in [6.07, 6.45) is 14.0. The predicted octanol–water partition coefficient (Wildman–Crippen LogP) is 4.43. The van der Waals surface area contributed by atoms with E-state index < -0.39 is 0 Å². The molecule has 0 aromatic heterocycles. The molecule has 2 heteroatoms. The van der Waals surface area contributed by atoms with Gasteiger partial charge in [-0.15, -0.1) is 0 Å². The van der Waals surface area contributed by atoms with Crippen LogP contribution in [0.4, 0.5) is 0 Å². The molecule has 1 amide bonds. The van der Waals surface area contributed by atoms with Crippen molar-refractivity contribution in [3.05, 3.63) is 0 Å². The van der Waals surface area contributed by atoms with Gasteiger partial charge < -0.3 is 5.32 Å². The standard InChI is InChI=1S/C19H31NO/c1-17-8-14-9-18(2,11-17)13-19(10-14,12-17)20-16(21)15-6-4-3-5-7-15/h14-15H,3-13H2,1-2H3,(H,20,21)/t14?,17-,18+,19?. The van der Waals surface area contributed by atoms with E-state index in [1.165, 1.54) is 57.8 Å². The van der Waals surface area contributed by atoms with Crippen molar-refractivity contribution in [3.8, 4) is 0 Å². The van der Waals surface area contributed by atoms with Crippen molar-refractivity contribution in [3.63, 3.8) is 0 Å². The molecule has 0 radical (unpaired) electrons. The Morgan fingerprint density at radius 2 is 1.52 bits per heavy atom. The molecule has 4 atom stereocenters. The Labute approximate surface area is 129 Å². The average molecular weight is 289 g/mol. The lowest BCUT2D eigenvalue weighted by atomic mass is 9.42. The Hall–Kier alpha value is -0.530. The highest BCUT2D eigenvalue weighted by Gasteiger charge is 2.60. The molecule has 5 aliphatic carbocycles. The van der Waals surface area contributed by atoms with Crippen LogP contribution < -0.4 is 5.32 Å². The van der Waals surface area contributed by atoms with Crippen LogP contribution in [0.1, 0.15) is 84.5 Å². The third-order valence-corrected chi connectivity index (χ3v) is 6.99. The molecule has 0 aliphatic heterocycles. The second kappa shape index (κ2) is 4.49. The van der Waals surface area contributed by atoms with E-state index in [4.69, 9.17) is 0 Å². The van der Waals surface area contributed by atoms with E-state index in [-0.39, 0.29) is 5.54 Å². The molecular formula is C19H31NO. The maximum Gasteiger partial charge on any atom is 0.223 e. The molecule has 5 aliphatic rings. The van der Waals surface area contributed by atoms with E-state index >= 15 is 0 Å². The first-order valence-electron chi connectivity index (χ1n) is 9.22. The van der Waals surface area contributed by atoms with Gasteiger partial charge in [0.1, 0.15) is 0 Å². The molecule has 0 saturated heterocycles. The highest BCUT2D eigenvalue weighted by molar-refractivity contribution is 5.79. The number of amides is 1. The fourth-order valence-electron chi connectivity index (χ4n) is 7.32. The van der Waals surface area contributed by atoms with Crippen LogP contribution in [-0.2, 0) is 4.79 Å². The molecule has 0 heterocycles. The summed E-state index contributed by atoms with van der Waals surface area (Å²) in [6, 6.07) is 0. The zero-order valence-corrected chi connectivity index (χ0v) is 13.8. The van der Waals surface area contributed by atoms with Crippen LogP contribution in [0, 0.1) is 22.7 Å². The number of carbonyl (C=O) groups excluding carboxylic acids is 1. The zero-order valence-electron chi connectivity index (χ0n) is 13.8. The predicted molar refractivity (Wildman–Crippen MR) is 84.9 cm³/mol. The van der Waals surface area contributed by atoms with E-state index in [0.717, 1.165) is 18.8 Å². The summed E-state index contributed by atoms with van der Waals surface area (Å²) in [6.45, 7) is 4.97. The van der Waals surface area contributed by atoms with Gasteiger partial charge in [0.15, 0.2) is 0 Å². The lowest BCUT2D eigenvalue weighted by Gasteiger charge is -2.65. The van der Waals surface area contributed by atoms with Crippen molar-refractivity contribution in [2.75, 3.05) is 0 Å². The highest BCUT2D eigenvalue weighted by Crippen LogP contribution is 2.66. The van der Waals surface area contributed by atoms with Crippen LogP contribution in [0.25, 0.3) is 0 Å². The smallest absolute Gasteiger partial charge is 0.223 e. The second-order valence-corrected chi connectivity index (χ2v) is 9.73. The van der Waals surface area contributed by atoms with Crippen molar-refractivity contribution in [2.45, 2.75) is 90.0 Å². The third kappa shape index (κ3) is 2.43. The molecule has 2 unspecified atom stereocenters. The molecular weight excluding hydrogens is 258 g/mol. The molecule has 2 nitrogen and oxygen atoms in total. The Kier molecular flexibility index (Phi) is 3.01. The minimum Gasteiger partial charge on any atom is -0.350 e. The molecule has 0 aromatic carbocycles. The summed E-state index contributed by atoms with van der Waals surface area (Å²) in [7, 11) is 0. The number of carbonyl (C=O) groups is 1. The van der Waals surface area contributed by atoms with Gasteiger partial charge in [0, 0.05) is 11.5 Å². The monoisotopic (exact) mass is 289 g/mol. The highest BCUT2D eigenvalue weighted by atomic mass is 16.2. The Bertz CT molecular complexity index is 432. The second-order valence-electron chi connectivity index (χ2n) is 9.73. The fourth-order valence-corrected chi connectivity index (χ4v) is 7.32. The molecule has 1 N–H and O–H groups in total. The van der Waals surface area contributed by atoms with Crippen molar-refractivity contribution in [1.82, 2.24) is 5.32 Å². The minimum absolute atomic E-state index is 0.150. The minimum atomic E-state index is 0.150. The topological polar surface area (TPSA) is 29.1 Å². The Balaban J connectivity index is 1.52. The normalized spacial score (nSPS) is 49.3. The molecule has 118 valence electrons. The first-order valence-corrected chi connectivity index (χ1v) is 9.22. The van der Waals surface area contributed by atoms with Gasteiger partial charge >= 0.3 is 0 Å². The van der Waals surface area contributed by atoms with Gasteiger partial charge in [-0.25, -0.2) is 0 Å². The summed E-state index contributed by atoms with van der Waals surface area (Å²) in [5.74, 6) is 1.57. The van der Waals surface area contributed by atoms with Crippen LogP contribution in [0.15, 0.2) is 0 Å². The SMILES string of the molecule is C[C@]12CC3CC(NC(=O)C4CCCCC4)(C1)C[C@@](C)(C3)C2. The van der Waals surface area contributed by atoms with Crippen molar-refractivity contribution in [1.29, 1.82) is 0 Å². The molecule has 4 bridgehead atoms. The van der Waals surface area contributed by atoms with E-state index in [0.29, 0.717) is 22.7 Å². The van der Waals surface area contributed by atoms with Crippen LogP contribution in [-0.4, -0.2) is 11.4 Å². The van der Waals surface area contributed by atoms with Gasteiger partial charge in [-0.2, -0.15) is 0 Å². The van der Waals surface area contributed by atoms with Crippen LogP contribution in [0.5, 0.6) is 0 Å². The first kappa shape index (κ1) is 14.1. The maximum atomic E-state index is 12.8. The third-order valence-electron chi connectivity index (χ3n) is 6.99. The lowest BCUT2D eigenvalue weighted by Crippen LogP contribution is -2.65. The molecule has 5 rings (SSSR count). The molecule has 0 spiro atoms. The van der Waals surface area contributed by atoms with E-state index in [1.54, 1.807) is 0 Å².